The second-order valence-electron chi connectivity index (χ2n) is 6.33. The van der Waals surface area contributed by atoms with Crippen molar-refractivity contribution in [3.63, 3.8) is 0 Å². The van der Waals surface area contributed by atoms with Crippen LogP contribution in [0.2, 0.25) is 0 Å². The quantitative estimate of drug-likeness (QED) is 0.672. The topological polar surface area (TPSA) is 61.4 Å². The van der Waals surface area contributed by atoms with Crippen LogP contribution in [0.15, 0.2) is 16.8 Å². The van der Waals surface area contributed by atoms with E-state index in [0.29, 0.717) is 24.9 Å². The first-order valence-electron chi connectivity index (χ1n) is 9.05. The number of amides is 2. The number of thiophene rings is 1. The van der Waals surface area contributed by atoms with Crippen molar-refractivity contribution in [1.82, 2.24) is 15.5 Å². The van der Waals surface area contributed by atoms with Crippen LogP contribution in [-0.4, -0.2) is 49.4 Å². The van der Waals surface area contributed by atoms with Gasteiger partial charge in [0.25, 0.3) is 5.91 Å². The highest BCUT2D eigenvalue weighted by Crippen LogP contribution is 2.09. The number of hydrogen-bond acceptors (Lipinski definition) is 4. The van der Waals surface area contributed by atoms with Crippen molar-refractivity contribution in [2.75, 3.05) is 32.7 Å². The fourth-order valence-electron chi connectivity index (χ4n) is 2.93. The van der Waals surface area contributed by atoms with Crippen LogP contribution in [-0.2, 0) is 4.79 Å². The minimum Gasteiger partial charge on any atom is -0.356 e. The minimum absolute atomic E-state index is 0.0610. The molecule has 2 heterocycles. The predicted octanol–water partition coefficient (Wildman–Crippen LogP) is 2.64. The molecule has 0 radical (unpaired) electrons. The fraction of sp³-hybridized carbons (Fsp3) is 0.667. The SMILES string of the molecule is O=C(CCCNC(=O)c1ccsc1)NCCCN1CCCCCC1. The van der Waals surface area contributed by atoms with Crippen LogP contribution in [0, 0.1) is 0 Å². The molecule has 0 aliphatic carbocycles. The number of carbonyl (C=O) groups is 2. The van der Waals surface area contributed by atoms with Gasteiger partial charge in [-0.05, 0) is 56.8 Å². The van der Waals surface area contributed by atoms with Crippen LogP contribution in [0.1, 0.15) is 55.3 Å². The van der Waals surface area contributed by atoms with Gasteiger partial charge in [-0.2, -0.15) is 11.3 Å². The molecule has 0 unspecified atom stereocenters. The molecule has 2 N–H and O–H groups in total. The molecular formula is C18H29N3O2S. The lowest BCUT2D eigenvalue weighted by molar-refractivity contribution is -0.121. The van der Waals surface area contributed by atoms with Gasteiger partial charge in [0.05, 0.1) is 0 Å². The maximum atomic E-state index is 11.8. The second kappa shape index (κ2) is 11.2. The largest absolute Gasteiger partial charge is 0.356 e. The molecule has 0 atom stereocenters. The van der Waals surface area contributed by atoms with Crippen LogP contribution in [0.3, 0.4) is 0 Å². The van der Waals surface area contributed by atoms with E-state index < -0.39 is 0 Å². The van der Waals surface area contributed by atoms with Gasteiger partial charge in [0.15, 0.2) is 0 Å². The number of nitrogens with zero attached hydrogens (tertiary/aromatic N) is 1. The molecule has 2 amide bonds. The summed E-state index contributed by atoms with van der Waals surface area (Å²) in [5.41, 5.74) is 0.693. The molecule has 0 saturated carbocycles. The van der Waals surface area contributed by atoms with Gasteiger partial charge in [-0.3, -0.25) is 9.59 Å². The number of rotatable bonds is 9. The van der Waals surface area contributed by atoms with Crippen molar-refractivity contribution < 1.29 is 9.59 Å². The molecule has 1 aliphatic heterocycles. The Morgan fingerprint density at radius 3 is 2.50 bits per heavy atom. The van der Waals surface area contributed by atoms with Crippen molar-refractivity contribution in [3.8, 4) is 0 Å². The molecule has 6 heteroatoms. The zero-order valence-corrected chi connectivity index (χ0v) is 15.2. The monoisotopic (exact) mass is 351 g/mol. The molecule has 1 saturated heterocycles. The summed E-state index contributed by atoms with van der Waals surface area (Å²) in [6.07, 6.45) is 7.49. The van der Waals surface area contributed by atoms with Gasteiger partial charge >= 0.3 is 0 Å². The standard InChI is InChI=1S/C18H29N3O2S/c22-17(7-5-9-20-18(23)16-8-14-24-15-16)19-10-6-13-21-11-3-1-2-4-12-21/h8,14-15H,1-7,9-13H2,(H,19,22)(H,20,23). The predicted molar refractivity (Wildman–Crippen MR) is 98.4 cm³/mol. The maximum absolute atomic E-state index is 11.8. The van der Waals surface area contributed by atoms with Crippen molar-refractivity contribution in [2.45, 2.75) is 44.9 Å². The number of carbonyl (C=O) groups excluding carboxylic acids is 2. The summed E-state index contributed by atoms with van der Waals surface area (Å²) in [5.74, 6) is 0.0183. The van der Waals surface area contributed by atoms with Gasteiger partial charge in [-0.25, -0.2) is 0 Å². The summed E-state index contributed by atoms with van der Waals surface area (Å²) in [5, 5.41) is 9.52. The highest BCUT2D eigenvalue weighted by atomic mass is 32.1. The first-order chi connectivity index (χ1) is 11.8. The highest BCUT2D eigenvalue weighted by Gasteiger charge is 2.09. The molecule has 0 bridgehead atoms. The Hall–Kier alpha value is -1.40. The summed E-state index contributed by atoms with van der Waals surface area (Å²) in [6.45, 7) is 4.78. The highest BCUT2D eigenvalue weighted by molar-refractivity contribution is 7.08. The lowest BCUT2D eigenvalue weighted by atomic mass is 10.2. The lowest BCUT2D eigenvalue weighted by Gasteiger charge is -2.19. The average Bonchev–Trinajstić information content (AvgIpc) is 3.00. The zero-order chi connectivity index (χ0) is 17.0. The first-order valence-corrected chi connectivity index (χ1v) is 9.99. The molecular weight excluding hydrogens is 322 g/mol. The second-order valence-corrected chi connectivity index (χ2v) is 7.11. The number of likely N-dealkylation sites (tertiary alicyclic amines) is 1. The van der Waals surface area contributed by atoms with Crippen molar-refractivity contribution in [2.24, 2.45) is 0 Å². The van der Waals surface area contributed by atoms with E-state index in [0.717, 1.165) is 19.5 Å². The summed E-state index contributed by atoms with van der Waals surface area (Å²) in [6, 6.07) is 1.80. The molecule has 24 heavy (non-hydrogen) atoms. The third-order valence-corrected chi connectivity index (χ3v) is 5.00. The van der Waals surface area contributed by atoms with Crippen LogP contribution in [0.5, 0.6) is 0 Å². The van der Waals surface area contributed by atoms with Crippen LogP contribution < -0.4 is 10.6 Å². The Morgan fingerprint density at radius 2 is 1.79 bits per heavy atom. The first kappa shape index (κ1) is 18.9. The zero-order valence-electron chi connectivity index (χ0n) is 14.4. The third-order valence-electron chi connectivity index (χ3n) is 4.32. The summed E-state index contributed by atoms with van der Waals surface area (Å²) in [7, 11) is 0. The Labute approximate surface area is 148 Å². The number of nitrogens with one attached hydrogen (secondary N) is 2. The normalized spacial score (nSPS) is 15.7. The molecule has 5 nitrogen and oxygen atoms in total. The third kappa shape index (κ3) is 7.45. The summed E-state index contributed by atoms with van der Waals surface area (Å²) in [4.78, 5) is 26.0. The smallest absolute Gasteiger partial charge is 0.252 e. The van der Waals surface area contributed by atoms with Crippen molar-refractivity contribution >= 4 is 23.2 Å². The molecule has 1 aromatic rings. The Balaban J connectivity index is 1.45. The Kier molecular flexibility index (Phi) is 8.84. The van der Waals surface area contributed by atoms with Crippen molar-refractivity contribution in [1.29, 1.82) is 0 Å². The van der Waals surface area contributed by atoms with Crippen LogP contribution >= 0.6 is 11.3 Å². The summed E-state index contributed by atoms with van der Waals surface area (Å²) >= 11 is 1.51. The van der Waals surface area contributed by atoms with E-state index in [1.807, 2.05) is 10.8 Å². The molecule has 0 spiro atoms. The van der Waals surface area contributed by atoms with E-state index >= 15 is 0 Å². The van der Waals surface area contributed by atoms with Gasteiger partial charge in [-0.15, -0.1) is 0 Å². The van der Waals surface area contributed by atoms with E-state index in [1.54, 1.807) is 6.07 Å². The Bertz CT molecular complexity index is 482. The Morgan fingerprint density at radius 1 is 1.04 bits per heavy atom. The van der Waals surface area contributed by atoms with E-state index in [1.165, 1.54) is 50.1 Å². The van der Waals surface area contributed by atoms with Gasteiger partial charge in [0.2, 0.25) is 5.91 Å². The van der Waals surface area contributed by atoms with E-state index in [9.17, 15) is 9.59 Å². The van der Waals surface area contributed by atoms with Crippen molar-refractivity contribution in [3.05, 3.63) is 22.4 Å². The van der Waals surface area contributed by atoms with E-state index in [-0.39, 0.29) is 11.8 Å². The van der Waals surface area contributed by atoms with Gasteiger partial charge in [-0.1, -0.05) is 12.8 Å². The van der Waals surface area contributed by atoms with Crippen LogP contribution in [0.25, 0.3) is 0 Å². The molecule has 0 aromatic carbocycles. The van der Waals surface area contributed by atoms with E-state index in [2.05, 4.69) is 15.5 Å². The molecule has 1 aromatic heterocycles. The fourth-order valence-corrected chi connectivity index (χ4v) is 3.56. The lowest BCUT2D eigenvalue weighted by Crippen LogP contribution is -2.31. The molecule has 1 aliphatic rings. The molecule has 134 valence electrons. The summed E-state index contributed by atoms with van der Waals surface area (Å²) < 4.78 is 0. The van der Waals surface area contributed by atoms with Gasteiger partial charge in [0.1, 0.15) is 0 Å². The average molecular weight is 352 g/mol. The maximum Gasteiger partial charge on any atom is 0.252 e. The molecule has 2 rings (SSSR count). The molecule has 1 fully saturated rings. The minimum atomic E-state index is -0.0610. The number of hydrogen-bond donors (Lipinski definition) is 2. The van der Waals surface area contributed by atoms with Gasteiger partial charge in [0, 0.05) is 30.5 Å². The van der Waals surface area contributed by atoms with E-state index in [4.69, 9.17) is 0 Å². The van der Waals surface area contributed by atoms with Crippen LogP contribution in [0.4, 0.5) is 0 Å². The van der Waals surface area contributed by atoms with Gasteiger partial charge < -0.3 is 15.5 Å².